The lowest BCUT2D eigenvalue weighted by atomic mass is 9.75. The Labute approximate surface area is 70.1 Å². The summed E-state index contributed by atoms with van der Waals surface area (Å²) in [6.07, 6.45) is 0. The maximum Gasteiger partial charge on any atom is 0.0522 e. The highest BCUT2D eigenvalue weighted by atomic mass is 16.5. The molecule has 1 aliphatic rings. The van der Waals surface area contributed by atoms with Crippen LogP contribution in [0.4, 0.5) is 0 Å². The summed E-state index contributed by atoms with van der Waals surface area (Å²) in [7, 11) is 0. The van der Waals surface area contributed by atoms with Gasteiger partial charge in [-0.1, -0.05) is 27.7 Å². The first-order chi connectivity index (χ1) is 5.13. The van der Waals surface area contributed by atoms with Gasteiger partial charge in [0.1, 0.15) is 0 Å². The Morgan fingerprint density at radius 1 is 1.09 bits per heavy atom. The minimum absolute atomic E-state index is 0.726. The lowest BCUT2D eigenvalue weighted by Gasteiger charge is -2.38. The van der Waals surface area contributed by atoms with E-state index in [4.69, 9.17) is 4.74 Å². The average Bonchev–Trinajstić information content (AvgIpc) is 1.75. The van der Waals surface area contributed by atoms with Crippen LogP contribution in [0.25, 0.3) is 0 Å². The van der Waals surface area contributed by atoms with Crippen molar-refractivity contribution in [2.24, 2.45) is 17.8 Å². The van der Waals surface area contributed by atoms with Gasteiger partial charge in [0, 0.05) is 5.92 Å². The van der Waals surface area contributed by atoms with Crippen molar-refractivity contribution in [1.29, 1.82) is 0 Å². The Hall–Kier alpha value is -0.0400. The summed E-state index contributed by atoms with van der Waals surface area (Å²) in [4.78, 5) is 0. The summed E-state index contributed by atoms with van der Waals surface area (Å²) < 4.78 is 5.20. The van der Waals surface area contributed by atoms with E-state index in [-0.39, 0.29) is 0 Å². The zero-order chi connectivity index (χ0) is 8.43. The monoisotopic (exact) mass is 155 g/mol. The van der Waals surface area contributed by atoms with Crippen LogP contribution in [0.2, 0.25) is 0 Å². The topological polar surface area (TPSA) is 9.23 Å². The number of rotatable bonds is 3. The van der Waals surface area contributed by atoms with Crippen molar-refractivity contribution in [1.82, 2.24) is 0 Å². The molecule has 1 heteroatoms. The Morgan fingerprint density at radius 2 is 1.55 bits per heavy atom. The van der Waals surface area contributed by atoms with E-state index in [9.17, 15) is 0 Å². The van der Waals surface area contributed by atoms with Gasteiger partial charge in [-0.15, -0.1) is 0 Å². The normalized spacial score (nSPS) is 19.9. The van der Waals surface area contributed by atoms with Crippen molar-refractivity contribution in [2.75, 3.05) is 13.2 Å². The highest BCUT2D eigenvalue weighted by Crippen LogP contribution is 2.34. The molecule has 1 nitrogen and oxygen atoms in total. The highest BCUT2D eigenvalue weighted by Gasteiger charge is 2.32. The van der Waals surface area contributed by atoms with Crippen LogP contribution in [0.1, 0.15) is 27.7 Å². The summed E-state index contributed by atoms with van der Waals surface area (Å²) in [6.45, 7) is 11.1. The molecule has 1 saturated heterocycles. The van der Waals surface area contributed by atoms with Gasteiger partial charge in [0.2, 0.25) is 0 Å². The molecule has 0 N–H and O–H groups in total. The summed E-state index contributed by atoms with van der Waals surface area (Å²) in [6, 6.07) is 0. The molecule has 1 heterocycles. The van der Waals surface area contributed by atoms with E-state index in [0.29, 0.717) is 0 Å². The highest BCUT2D eigenvalue weighted by molar-refractivity contribution is 5.04. The van der Waals surface area contributed by atoms with Gasteiger partial charge in [-0.05, 0) is 17.8 Å². The second-order valence-electron chi connectivity index (χ2n) is 4.04. The zero-order valence-corrected chi connectivity index (χ0v) is 8.05. The van der Waals surface area contributed by atoms with Crippen molar-refractivity contribution in [3.63, 3.8) is 0 Å². The Balaban J connectivity index is 2.44. The van der Waals surface area contributed by atoms with Crippen LogP contribution in [0.3, 0.4) is 0 Å². The molecule has 1 fully saturated rings. The van der Waals surface area contributed by atoms with Crippen molar-refractivity contribution in [3.05, 3.63) is 5.92 Å². The van der Waals surface area contributed by atoms with Gasteiger partial charge in [-0.2, -0.15) is 0 Å². The van der Waals surface area contributed by atoms with E-state index in [2.05, 4.69) is 27.7 Å². The lowest BCUT2D eigenvalue weighted by Crippen LogP contribution is -2.37. The van der Waals surface area contributed by atoms with Gasteiger partial charge in [-0.3, -0.25) is 0 Å². The third-order valence-electron chi connectivity index (χ3n) is 2.44. The van der Waals surface area contributed by atoms with Crippen LogP contribution in [-0.2, 0) is 4.74 Å². The zero-order valence-electron chi connectivity index (χ0n) is 8.05. The SMILES string of the molecule is CC(C)[C](C(C)C)C1COC1. The first-order valence-electron chi connectivity index (χ1n) is 4.57. The van der Waals surface area contributed by atoms with Crippen LogP contribution < -0.4 is 0 Å². The van der Waals surface area contributed by atoms with Crippen LogP contribution in [-0.4, -0.2) is 13.2 Å². The fourth-order valence-electron chi connectivity index (χ4n) is 2.04. The van der Waals surface area contributed by atoms with Crippen molar-refractivity contribution in [2.45, 2.75) is 27.7 Å². The first kappa shape index (κ1) is 9.05. The van der Waals surface area contributed by atoms with Crippen molar-refractivity contribution in [3.8, 4) is 0 Å². The summed E-state index contributed by atoms with van der Waals surface area (Å²) >= 11 is 0. The molecule has 1 aliphatic heterocycles. The molecule has 65 valence electrons. The van der Waals surface area contributed by atoms with Crippen LogP contribution in [0.5, 0.6) is 0 Å². The number of hydrogen-bond donors (Lipinski definition) is 0. The van der Waals surface area contributed by atoms with E-state index in [0.717, 1.165) is 31.0 Å². The van der Waals surface area contributed by atoms with Crippen LogP contribution >= 0.6 is 0 Å². The van der Waals surface area contributed by atoms with E-state index >= 15 is 0 Å². The van der Waals surface area contributed by atoms with Gasteiger partial charge in [0.05, 0.1) is 13.2 Å². The number of ether oxygens (including phenoxy) is 1. The third kappa shape index (κ3) is 1.96. The molecule has 0 amide bonds. The molecule has 0 aliphatic carbocycles. The Morgan fingerprint density at radius 3 is 1.64 bits per heavy atom. The molecule has 0 aromatic carbocycles. The maximum absolute atomic E-state index is 5.20. The predicted octanol–water partition coefficient (Wildman–Crippen LogP) is 2.52. The molecule has 0 aromatic rings. The smallest absolute Gasteiger partial charge is 0.0522 e. The largest absolute Gasteiger partial charge is 0.381 e. The molecule has 0 saturated carbocycles. The second-order valence-corrected chi connectivity index (χ2v) is 4.04. The van der Waals surface area contributed by atoms with Gasteiger partial charge < -0.3 is 4.74 Å². The van der Waals surface area contributed by atoms with Crippen molar-refractivity contribution < 1.29 is 4.74 Å². The molecule has 0 aromatic heterocycles. The third-order valence-corrected chi connectivity index (χ3v) is 2.44. The van der Waals surface area contributed by atoms with Gasteiger partial charge in [0.15, 0.2) is 0 Å². The van der Waals surface area contributed by atoms with Gasteiger partial charge in [0.25, 0.3) is 0 Å². The maximum atomic E-state index is 5.20. The van der Waals surface area contributed by atoms with Crippen LogP contribution in [0, 0.1) is 23.7 Å². The lowest BCUT2D eigenvalue weighted by molar-refractivity contribution is -0.0350. The molecule has 0 bridgehead atoms. The van der Waals surface area contributed by atoms with Gasteiger partial charge in [-0.25, -0.2) is 0 Å². The Bertz CT molecular complexity index is 106. The fourth-order valence-corrected chi connectivity index (χ4v) is 2.04. The van der Waals surface area contributed by atoms with Crippen molar-refractivity contribution >= 4 is 0 Å². The fraction of sp³-hybridized carbons (Fsp3) is 0.900. The second kappa shape index (κ2) is 3.57. The minimum atomic E-state index is 0.726. The molecule has 1 radical (unpaired) electrons. The average molecular weight is 155 g/mol. The molecule has 0 atom stereocenters. The molecular weight excluding hydrogens is 136 g/mol. The summed E-state index contributed by atoms with van der Waals surface area (Å²) in [5.74, 6) is 3.90. The first-order valence-corrected chi connectivity index (χ1v) is 4.57. The van der Waals surface area contributed by atoms with E-state index in [1.165, 1.54) is 0 Å². The number of hydrogen-bond acceptors (Lipinski definition) is 1. The van der Waals surface area contributed by atoms with Gasteiger partial charge >= 0.3 is 0 Å². The molecule has 0 spiro atoms. The molecule has 1 rings (SSSR count). The predicted molar refractivity (Wildman–Crippen MR) is 47.2 cm³/mol. The quantitative estimate of drug-likeness (QED) is 0.608. The summed E-state index contributed by atoms with van der Waals surface area (Å²) in [5.41, 5.74) is 0. The Kier molecular flexibility index (Phi) is 2.94. The molecular formula is C10H19O. The standard InChI is InChI=1S/C10H19O/c1-7(2)10(8(3)4)9-5-11-6-9/h7-9H,5-6H2,1-4H3. The molecule has 0 unspecified atom stereocenters. The van der Waals surface area contributed by atoms with E-state index in [1.54, 1.807) is 5.92 Å². The molecule has 11 heavy (non-hydrogen) atoms. The summed E-state index contributed by atoms with van der Waals surface area (Å²) in [5, 5.41) is 0. The van der Waals surface area contributed by atoms with Crippen LogP contribution in [0.15, 0.2) is 0 Å². The van der Waals surface area contributed by atoms with E-state index in [1.807, 2.05) is 0 Å². The minimum Gasteiger partial charge on any atom is -0.381 e. The van der Waals surface area contributed by atoms with E-state index < -0.39 is 0 Å².